The third-order valence-corrected chi connectivity index (χ3v) is 2.74. The van der Waals surface area contributed by atoms with Crippen molar-refractivity contribution in [2.24, 2.45) is 5.92 Å². The van der Waals surface area contributed by atoms with Gasteiger partial charge in [-0.3, -0.25) is 4.90 Å². The van der Waals surface area contributed by atoms with Crippen LogP contribution in [0.3, 0.4) is 0 Å². The lowest BCUT2D eigenvalue weighted by molar-refractivity contribution is 0.143. The van der Waals surface area contributed by atoms with Crippen LogP contribution in [-0.2, 0) is 0 Å². The number of hydrogen-bond acceptors (Lipinski definition) is 4. The highest BCUT2D eigenvalue weighted by atomic mass is 15.3. The SMILES string of the molecule is Cc1cc(NC2CN(CC(C)C)C2)ncn1. The lowest BCUT2D eigenvalue weighted by Gasteiger charge is -2.40. The monoisotopic (exact) mass is 220 g/mol. The van der Waals surface area contributed by atoms with E-state index in [0.29, 0.717) is 6.04 Å². The maximum atomic E-state index is 4.21. The van der Waals surface area contributed by atoms with Crippen LogP contribution in [0.2, 0.25) is 0 Å². The van der Waals surface area contributed by atoms with E-state index < -0.39 is 0 Å². The lowest BCUT2D eigenvalue weighted by Crippen LogP contribution is -2.55. The van der Waals surface area contributed by atoms with Crippen LogP contribution in [0.5, 0.6) is 0 Å². The van der Waals surface area contributed by atoms with Gasteiger partial charge in [-0.15, -0.1) is 0 Å². The Morgan fingerprint density at radius 2 is 2.19 bits per heavy atom. The summed E-state index contributed by atoms with van der Waals surface area (Å²) >= 11 is 0. The van der Waals surface area contributed by atoms with Crippen LogP contribution in [0.1, 0.15) is 19.5 Å². The Balaban J connectivity index is 1.77. The second-order valence-electron chi connectivity index (χ2n) is 5.00. The summed E-state index contributed by atoms with van der Waals surface area (Å²) in [4.78, 5) is 10.8. The van der Waals surface area contributed by atoms with Crippen molar-refractivity contribution in [1.29, 1.82) is 0 Å². The maximum Gasteiger partial charge on any atom is 0.129 e. The number of aryl methyl sites for hydroxylation is 1. The fourth-order valence-corrected chi connectivity index (χ4v) is 2.07. The average Bonchev–Trinajstić information content (AvgIpc) is 2.14. The van der Waals surface area contributed by atoms with Crippen LogP contribution in [-0.4, -0.2) is 40.5 Å². The normalized spacial score (nSPS) is 17.5. The molecule has 1 aromatic heterocycles. The van der Waals surface area contributed by atoms with Crippen molar-refractivity contribution in [3.8, 4) is 0 Å². The summed E-state index contributed by atoms with van der Waals surface area (Å²) in [5.74, 6) is 1.70. The molecule has 1 aromatic rings. The Morgan fingerprint density at radius 3 is 2.81 bits per heavy atom. The highest BCUT2D eigenvalue weighted by molar-refractivity contribution is 5.36. The second-order valence-corrected chi connectivity index (χ2v) is 5.00. The van der Waals surface area contributed by atoms with E-state index in [9.17, 15) is 0 Å². The summed E-state index contributed by atoms with van der Waals surface area (Å²) in [6.45, 7) is 9.95. The van der Waals surface area contributed by atoms with Gasteiger partial charge in [-0.05, 0) is 12.8 Å². The van der Waals surface area contributed by atoms with E-state index in [4.69, 9.17) is 0 Å². The van der Waals surface area contributed by atoms with Crippen molar-refractivity contribution < 1.29 is 0 Å². The Morgan fingerprint density at radius 1 is 1.44 bits per heavy atom. The van der Waals surface area contributed by atoms with Gasteiger partial charge in [0.05, 0.1) is 6.04 Å². The standard InChI is InChI=1S/C12H20N4/c1-9(2)5-16-6-11(7-16)15-12-4-10(3)13-8-14-12/h4,8-9,11H,5-7H2,1-3H3,(H,13,14,15). The van der Waals surface area contributed by atoms with Crippen LogP contribution in [0.15, 0.2) is 12.4 Å². The van der Waals surface area contributed by atoms with Gasteiger partial charge in [0.15, 0.2) is 0 Å². The molecule has 0 aliphatic carbocycles. The zero-order valence-corrected chi connectivity index (χ0v) is 10.3. The average molecular weight is 220 g/mol. The first kappa shape index (κ1) is 11.3. The molecule has 2 heterocycles. The van der Waals surface area contributed by atoms with Crippen LogP contribution in [0, 0.1) is 12.8 Å². The van der Waals surface area contributed by atoms with Gasteiger partial charge in [-0.1, -0.05) is 13.8 Å². The van der Waals surface area contributed by atoms with Gasteiger partial charge < -0.3 is 5.32 Å². The summed E-state index contributed by atoms with van der Waals surface area (Å²) in [5, 5.41) is 3.43. The summed E-state index contributed by atoms with van der Waals surface area (Å²) in [6, 6.07) is 2.54. The molecule has 0 unspecified atom stereocenters. The smallest absolute Gasteiger partial charge is 0.129 e. The number of nitrogens with one attached hydrogen (secondary N) is 1. The van der Waals surface area contributed by atoms with E-state index in [1.165, 1.54) is 6.54 Å². The van der Waals surface area contributed by atoms with Gasteiger partial charge >= 0.3 is 0 Å². The number of rotatable bonds is 4. The topological polar surface area (TPSA) is 41.0 Å². The van der Waals surface area contributed by atoms with Crippen LogP contribution >= 0.6 is 0 Å². The molecule has 2 rings (SSSR count). The Hall–Kier alpha value is -1.16. The van der Waals surface area contributed by atoms with Crippen molar-refractivity contribution in [3.63, 3.8) is 0 Å². The molecule has 0 aromatic carbocycles. The highest BCUT2D eigenvalue weighted by Crippen LogP contribution is 2.15. The Bertz CT molecular complexity index is 345. The second kappa shape index (κ2) is 4.78. The molecule has 1 aliphatic heterocycles. The van der Waals surface area contributed by atoms with Gasteiger partial charge in [-0.2, -0.15) is 0 Å². The first-order valence-corrected chi connectivity index (χ1v) is 5.91. The minimum Gasteiger partial charge on any atom is -0.365 e. The summed E-state index contributed by atoms with van der Waals surface area (Å²) in [7, 11) is 0. The number of nitrogens with zero attached hydrogens (tertiary/aromatic N) is 3. The van der Waals surface area contributed by atoms with Gasteiger partial charge in [-0.25, -0.2) is 9.97 Å². The third kappa shape index (κ3) is 2.92. The molecule has 0 radical (unpaired) electrons. The fraction of sp³-hybridized carbons (Fsp3) is 0.667. The summed E-state index contributed by atoms with van der Waals surface area (Å²) < 4.78 is 0. The van der Waals surface area contributed by atoms with Crippen molar-refractivity contribution in [1.82, 2.24) is 14.9 Å². The zero-order chi connectivity index (χ0) is 11.5. The lowest BCUT2D eigenvalue weighted by atomic mass is 10.1. The molecule has 1 N–H and O–H groups in total. The summed E-state index contributed by atoms with van der Waals surface area (Å²) in [5.41, 5.74) is 1.01. The minimum absolute atomic E-state index is 0.549. The maximum absolute atomic E-state index is 4.21. The third-order valence-electron chi connectivity index (χ3n) is 2.74. The van der Waals surface area contributed by atoms with E-state index in [1.54, 1.807) is 6.33 Å². The van der Waals surface area contributed by atoms with E-state index in [1.807, 2.05) is 13.0 Å². The van der Waals surface area contributed by atoms with Gasteiger partial charge in [0, 0.05) is 31.4 Å². The van der Waals surface area contributed by atoms with Crippen molar-refractivity contribution in [2.45, 2.75) is 26.8 Å². The quantitative estimate of drug-likeness (QED) is 0.835. The van der Waals surface area contributed by atoms with Crippen LogP contribution in [0.4, 0.5) is 5.82 Å². The van der Waals surface area contributed by atoms with E-state index in [0.717, 1.165) is 30.5 Å². The molecule has 4 nitrogen and oxygen atoms in total. The zero-order valence-electron chi connectivity index (χ0n) is 10.3. The van der Waals surface area contributed by atoms with Crippen molar-refractivity contribution in [3.05, 3.63) is 18.1 Å². The molecule has 88 valence electrons. The minimum atomic E-state index is 0.549. The molecular weight excluding hydrogens is 200 g/mol. The van der Waals surface area contributed by atoms with Crippen LogP contribution in [0.25, 0.3) is 0 Å². The Kier molecular flexibility index (Phi) is 3.39. The molecule has 0 amide bonds. The van der Waals surface area contributed by atoms with Crippen molar-refractivity contribution in [2.75, 3.05) is 25.0 Å². The predicted octanol–water partition coefficient (Wildman–Crippen LogP) is 1.54. The molecule has 1 aliphatic rings. The molecule has 1 saturated heterocycles. The molecular formula is C12H20N4. The van der Waals surface area contributed by atoms with Crippen LogP contribution < -0.4 is 5.32 Å². The molecule has 1 fully saturated rings. The predicted molar refractivity (Wildman–Crippen MR) is 65.5 cm³/mol. The molecule has 0 saturated carbocycles. The van der Waals surface area contributed by atoms with E-state index >= 15 is 0 Å². The highest BCUT2D eigenvalue weighted by Gasteiger charge is 2.26. The molecule has 16 heavy (non-hydrogen) atoms. The Labute approximate surface area is 97.1 Å². The summed E-state index contributed by atoms with van der Waals surface area (Å²) in [6.07, 6.45) is 1.61. The fourth-order valence-electron chi connectivity index (χ4n) is 2.07. The first-order chi connectivity index (χ1) is 7.63. The number of hydrogen-bond donors (Lipinski definition) is 1. The number of anilines is 1. The number of likely N-dealkylation sites (tertiary alicyclic amines) is 1. The number of aromatic nitrogens is 2. The molecule has 0 spiro atoms. The van der Waals surface area contributed by atoms with E-state index in [2.05, 4.69) is 34.0 Å². The molecule has 4 heteroatoms. The van der Waals surface area contributed by atoms with E-state index in [-0.39, 0.29) is 0 Å². The molecule has 0 bridgehead atoms. The molecule has 0 atom stereocenters. The first-order valence-electron chi connectivity index (χ1n) is 5.91. The van der Waals surface area contributed by atoms with Crippen molar-refractivity contribution >= 4 is 5.82 Å². The van der Waals surface area contributed by atoms with Gasteiger partial charge in [0.1, 0.15) is 12.1 Å². The van der Waals surface area contributed by atoms with Gasteiger partial charge in [0.25, 0.3) is 0 Å². The van der Waals surface area contributed by atoms with Gasteiger partial charge in [0.2, 0.25) is 0 Å². The largest absolute Gasteiger partial charge is 0.365 e.